The second-order valence-corrected chi connectivity index (χ2v) is 9.40. The van der Waals surface area contributed by atoms with Crippen LogP contribution in [0.3, 0.4) is 0 Å². The zero-order valence-corrected chi connectivity index (χ0v) is 20.3. The molecule has 1 unspecified atom stereocenters. The predicted molar refractivity (Wildman–Crippen MR) is 131 cm³/mol. The molecule has 184 valence electrons. The maximum absolute atomic E-state index is 13.7. The quantitative estimate of drug-likeness (QED) is 0.397. The molecule has 1 aliphatic heterocycles. The van der Waals surface area contributed by atoms with E-state index < -0.39 is 23.3 Å². The lowest BCUT2D eigenvalue weighted by Crippen LogP contribution is -2.38. The summed E-state index contributed by atoms with van der Waals surface area (Å²) in [6, 6.07) is 3.63. The maximum Gasteiger partial charge on any atom is 0.331 e. The van der Waals surface area contributed by atoms with Gasteiger partial charge in [0.1, 0.15) is 23.1 Å². The Morgan fingerprint density at radius 2 is 2.14 bits per heavy atom. The number of nitrogens with zero attached hydrogens (tertiary/aromatic N) is 6. The van der Waals surface area contributed by atoms with Crippen LogP contribution in [0.15, 0.2) is 27.9 Å². The van der Waals surface area contributed by atoms with Crippen molar-refractivity contribution >= 4 is 44.6 Å². The first-order chi connectivity index (χ1) is 16.8. The minimum Gasteiger partial charge on any atom is -0.389 e. The van der Waals surface area contributed by atoms with Gasteiger partial charge in [-0.25, -0.2) is 19.8 Å². The number of hydrogen-bond acceptors (Lipinski definition) is 9. The summed E-state index contributed by atoms with van der Waals surface area (Å²) in [5.41, 5.74) is 0.458. The number of hydroxylamine groups is 2. The van der Waals surface area contributed by atoms with E-state index in [1.807, 2.05) is 17.6 Å². The number of carbonyl (C=O) groups is 1. The Bertz CT molecular complexity index is 1570. The molecule has 0 saturated carbocycles. The molecule has 0 spiro atoms. The highest BCUT2D eigenvalue weighted by Crippen LogP contribution is 2.33. The monoisotopic (exact) mass is 499 g/mol. The molecule has 4 aromatic heterocycles. The number of carbonyl (C=O) groups excluding carboxylic acids is 1. The Labute approximate surface area is 203 Å². The highest BCUT2D eigenvalue weighted by molar-refractivity contribution is 7.19. The van der Waals surface area contributed by atoms with Crippen LogP contribution < -0.4 is 16.6 Å². The summed E-state index contributed by atoms with van der Waals surface area (Å²) < 4.78 is 4.38. The largest absolute Gasteiger partial charge is 0.389 e. The third kappa shape index (κ3) is 3.72. The normalized spacial score (nSPS) is 16.0. The highest BCUT2D eigenvalue weighted by Gasteiger charge is 2.33. The van der Waals surface area contributed by atoms with Gasteiger partial charge in [-0.3, -0.25) is 28.1 Å². The van der Waals surface area contributed by atoms with Crippen molar-refractivity contribution in [3.63, 3.8) is 0 Å². The van der Waals surface area contributed by atoms with E-state index in [2.05, 4.69) is 15.3 Å². The number of amides is 1. The summed E-state index contributed by atoms with van der Waals surface area (Å²) in [7, 11) is 3.15. The molecule has 0 aliphatic carbocycles. The summed E-state index contributed by atoms with van der Waals surface area (Å²) in [6.45, 7) is 2.49. The Balaban J connectivity index is 1.78. The van der Waals surface area contributed by atoms with E-state index in [0.29, 0.717) is 39.8 Å². The van der Waals surface area contributed by atoms with Crippen LogP contribution in [0.2, 0.25) is 0 Å². The number of anilines is 1. The predicted octanol–water partition coefficient (Wildman–Crippen LogP) is 0.755. The summed E-state index contributed by atoms with van der Waals surface area (Å²) >= 11 is 1.22. The molecule has 2 N–H and O–H groups in total. The third-order valence-electron chi connectivity index (χ3n) is 5.96. The Hall–Kier alpha value is -3.55. The molecular formula is C22H25N7O5S. The number of pyridine rings is 1. The maximum atomic E-state index is 13.7. The van der Waals surface area contributed by atoms with E-state index in [0.717, 1.165) is 9.63 Å². The molecule has 5 rings (SSSR count). The number of nitrogens with one attached hydrogen (secondary N) is 1. The van der Waals surface area contributed by atoms with E-state index in [1.54, 1.807) is 19.3 Å². The van der Waals surface area contributed by atoms with E-state index in [-0.39, 0.29) is 30.6 Å². The number of hydrogen-bond donors (Lipinski definition) is 2. The molecule has 1 amide bonds. The van der Waals surface area contributed by atoms with Crippen molar-refractivity contribution in [2.75, 3.05) is 25.5 Å². The molecular weight excluding hydrogens is 474 g/mol. The van der Waals surface area contributed by atoms with Gasteiger partial charge in [-0.05, 0) is 18.6 Å². The summed E-state index contributed by atoms with van der Waals surface area (Å²) in [4.78, 5) is 55.3. The lowest BCUT2D eigenvalue weighted by Gasteiger charge is -2.15. The van der Waals surface area contributed by atoms with Crippen LogP contribution in [0, 0.1) is 0 Å². The molecule has 0 aromatic carbocycles. The van der Waals surface area contributed by atoms with Gasteiger partial charge in [-0.15, -0.1) is 11.3 Å². The van der Waals surface area contributed by atoms with E-state index in [1.165, 1.54) is 23.0 Å². The number of aliphatic hydroxyl groups is 1. The standard InChI is InChI=1S/C22H25N7O5S/c1-4-8-27-20-16(18(31)26(3)22(27)33)15(19(32)29-9-12(30)11-34-29)14(35-20)10-28-17-13(6-5-7-24-17)25-21(28)23-2/h5-7,12,30H,4,8-11H2,1-3H3,(H,23,25). The Kier molecular flexibility index (Phi) is 5.91. The second-order valence-electron chi connectivity index (χ2n) is 8.31. The van der Waals surface area contributed by atoms with Gasteiger partial charge in [0, 0.05) is 31.7 Å². The fourth-order valence-electron chi connectivity index (χ4n) is 4.32. The van der Waals surface area contributed by atoms with Crippen LogP contribution in [-0.2, 0) is 25.0 Å². The molecule has 4 aromatic rings. The van der Waals surface area contributed by atoms with E-state index in [4.69, 9.17) is 4.84 Å². The van der Waals surface area contributed by atoms with Crippen molar-refractivity contribution in [3.8, 4) is 0 Å². The van der Waals surface area contributed by atoms with E-state index >= 15 is 0 Å². The second kappa shape index (κ2) is 8.91. The molecule has 12 nitrogen and oxygen atoms in total. The molecule has 1 saturated heterocycles. The van der Waals surface area contributed by atoms with Gasteiger partial charge >= 0.3 is 5.69 Å². The van der Waals surface area contributed by atoms with Crippen molar-refractivity contribution in [1.82, 2.24) is 28.7 Å². The topological polar surface area (TPSA) is 137 Å². The number of aromatic nitrogens is 5. The van der Waals surface area contributed by atoms with Crippen LogP contribution >= 0.6 is 11.3 Å². The van der Waals surface area contributed by atoms with Crippen LogP contribution in [0.1, 0.15) is 28.6 Å². The number of thiophene rings is 1. The molecule has 5 heterocycles. The number of aliphatic hydroxyl groups excluding tert-OH is 1. The third-order valence-corrected chi connectivity index (χ3v) is 7.16. The number of β-amino-alcohol motifs (C(OH)–C–C–N with tert-alkyl or cyclic N) is 1. The van der Waals surface area contributed by atoms with Gasteiger partial charge in [0.15, 0.2) is 5.65 Å². The van der Waals surface area contributed by atoms with Crippen molar-refractivity contribution in [2.24, 2.45) is 7.05 Å². The zero-order chi connectivity index (χ0) is 24.9. The van der Waals surface area contributed by atoms with Crippen LogP contribution in [-0.4, -0.2) is 66.0 Å². The minimum atomic E-state index is -0.814. The average molecular weight is 500 g/mol. The fraction of sp³-hybridized carbons (Fsp3) is 0.409. The smallest absolute Gasteiger partial charge is 0.331 e. The molecule has 35 heavy (non-hydrogen) atoms. The molecule has 0 bridgehead atoms. The highest BCUT2D eigenvalue weighted by atomic mass is 32.1. The number of imidazole rings is 1. The van der Waals surface area contributed by atoms with Crippen LogP contribution in [0.5, 0.6) is 0 Å². The first-order valence-electron chi connectivity index (χ1n) is 11.2. The van der Waals surface area contributed by atoms with Gasteiger partial charge < -0.3 is 10.4 Å². The molecule has 0 radical (unpaired) electrons. The van der Waals surface area contributed by atoms with Crippen molar-refractivity contribution in [3.05, 3.63) is 49.6 Å². The van der Waals surface area contributed by atoms with Gasteiger partial charge in [-0.2, -0.15) is 0 Å². The summed E-state index contributed by atoms with van der Waals surface area (Å²) in [6.07, 6.45) is 1.52. The number of rotatable bonds is 6. The molecule has 1 atom stereocenters. The number of fused-ring (bicyclic) bond motifs is 2. The zero-order valence-electron chi connectivity index (χ0n) is 19.5. The summed E-state index contributed by atoms with van der Waals surface area (Å²) in [5, 5.41) is 14.2. The minimum absolute atomic E-state index is 0.0120. The van der Waals surface area contributed by atoms with Crippen molar-refractivity contribution in [2.45, 2.75) is 32.5 Å². The first-order valence-corrected chi connectivity index (χ1v) is 12.0. The van der Waals surface area contributed by atoms with Crippen molar-refractivity contribution < 1.29 is 14.7 Å². The van der Waals surface area contributed by atoms with E-state index in [9.17, 15) is 19.5 Å². The molecule has 13 heteroatoms. The SMILES string of the molecule is CCCn1c(=O)n(C)c(=O)c2c(C(=O)N3CC(O)CO3)c(Cn3c(NC)nc4cccnc43)sc21. The Morgan fingerprint density at radius 1 is 1.34 bits per heavy atom. The van der Waals surface area contributed by atoms with Gasteiger partial charge in [0.2, 0.25) is 5.95 Å². The van der Waals surface area contributed by atoms with Crippen LogP contribution in [0.4, 0.5) is 5.95 Å². The molecule has 1 aliphatic rings. The average Bonchev–Trinajstić information content (AvgIpc) is 3.55. The first kappa shape index (κ1) is 23.2. The van der Waals surface area contributed by atoms with Gasteiger partial charge in [-0.1, -0.05) is 6.92 Å². The van der Waals surface area contributed by atoms with Gasteiger partial charge in [0.05, 0.1) is 24.0 Å². The Morgan fingerprint density at radius 3 is 2.83 bits per heavy atom. The fourth-order valence-corrected chi connectivity index (χ4v) is 5.61. The molecule has 1 fully saturated rings. The van der Waals surface area contributed by atoms with Crippen molar-refractivity contribution in [1.29, 1.82) is 0 Å². The lowest BCUT2D eigenvalue weighted by molar-refractivity contribution is -0.0778. The summed E-state index contributed by atoms with van der Waals surface area (Å²) in [5.74, 6) is 0.00577. The van der Waals surface area contributed by atoms with Gasteiger partial charge in [0.25, 0.3) is 11.5 Å². The lowest BCUT2D eigenvalue weighted by atomic mass is 10.1. The van der Waals surface area contributed by atoms with Crippen LogP contribution in [0.25, 0.3) is 21.4 Å². The number of aryl methyl sites for hydroxylation is 1.